The molecule has 100 valence electrons. The van der Waals surface area contributed by atoms with Crippen molar-refractivity contribution >= 4 is 11.6 Å². The molecule has 1 fully saturated rings. The molecule has 0 amide bonds. The first kappa shape index (κ1) is 13.8. The number of aryl methyl sites for hydroxylation is 1. The molecule has 2 unspecified atom stereocenters. The van der Waals surface area contributed by atoms with Crippen LogP contribution in [-0.4, -0.2) is 6.54 Å². The second-order valence-corrected chi connectivity index (χ2v) is 6.36. The standard InChI is InChI=1S/C15H21ClFN/c1-5-18-14(11-8-15(11,3)4)10-6-9(2)13(17)7-12(10)16/h6-7,11,14,18H,5,8H2,1-4H3. The Bertz CT molecular complexity index is 456. The molecule has 1 nitrogen and oxygen atoms in total. The Labute approximate surface area is 114 Å². The molecule has 0 spiro atoms. The fraction of sp³-hybridized carbons (Fsp3) is 0.600. The monoisotopic (exact) mass is 269 g/mol. The van der Waals surface area contributed by atoms with Crippen molar-refractivity contribution in [2.75, 3.05) is 6.54 Å². The summed E-state index contributed by atoms with van der Waals surface area (Å²) in [5.74, 6) is 0.355. The molecule has 1 aliphatic rings. The molecule has 18 heavy (non-hydrogen) atoms. The van der Waals surface area contributed by atoms with Crippen LogP contribution in [0.2, 0.25) is 5.02 Å². The van der Waals surface area contributed by atoms with Crippen molar-refractivity contribution in [1.29, 1.82) is 0 Å². The molecule has 0 aliphatic heterocycles. The predicted molar refractivity (Wildman–Crippen MR) is 74.5 cm³/mol. The van der Waals surface area contributed by atoms with Gasteiger partial charge in [0.1, 0.15) is 5.82 Å². The molecule has 0 heterocycles. The number of rotatable bonds is 4. The Kier molecular flexibility index (Phi) is 3.70. The minimum atomic E-state index is -0.228. The zero-order valence-corrected chi connectivity index (χ0v) is 12.2. The molecular weight excluding hydrogens is 249 g/mol. The van der Waals surface area contributed by atoms with Crippen LogP contribution in [0.25, 0.3) is 0 Å². The van der Waals surface area contributed by atoms with Crippen molar-refractivity contribution in [3.05, 3.63) is 34.1 Å². The smallest absolute Gasteiger partial charge is 0.127 e. The van der Waals surface area contributed by atoms with E-state index in [1.165, 1.54) is 12.5 Å². The first-order valence-electron chi connectivity index (χ1n) is 6.55. The lowest BCUT2D eigenvalue weighted by molar-refractivity contribution is 0.423. The van der Waals surface area contributed by atoms with Crippen LogP contribution in [0.1, 0.15) is 44.4 Å². The van der Waals surface area contributed by atoms with Crippen molar-refractivity contribution < 1.29 is 4.39 Å². The minimum absolute atomic E-state index is 0.228. The van der Waals surface area contributed by atoms with Gasteiger partial charge in [0.05, 0.1) is 0 Å². The summed E-state index contributed by atoms with van der Waals surface area (Å²) in [6.45, 7) is 9.31. The van der Waals surface area contributed by atoms with Crippen molar-refractivity contribution in [3.63, 3.8) is 0 Å². The molecule has 1 aromatic carbocycles. The van der Waals surface area contributed by atoms with Crippen LogP contribution < -0.4 is 5.32 Å². The Hall–Kier alpha value is -0.600. The largest absolute Gasteiger partial charge is 0.310 e. The maximum atomic E-state index is 13.5. The van der Waals surface area contributed by atoms with E-state index in [9.17, 15) is 4.39 Å². The Morgan fingerprint density at radius 2 is 2.11 bits per heavy atom. The number of halogens is 2. The molecule has 1 aliphatic carbocycles. The van der Waals surface area contributed by atoms with E-state index in [4.69, 9.17) is 11.6 Å². The van der Waals surface area contributed by atoms with E-state index in [0.29, 0.717) is 21.9 Å². The topological polar surface area (TPSA) is 12.0 Å². The maximum Gasteiger partial charge on any atom is 0.127 e. The summed E-state index contributed by atoms with van der Waals surface area (Å²) in [7, 11) is 0. The molecule has 0 bridgehead atoms. The van der Waals surface area contributed by atoms with Gasteiger partial charge < -0.3 is 5.32 Å². The molecular formula is C15H21ClFN. The van der Waals surface area contributed by atoms with Crippen LogP contribution in [0.15, 0.2) is 12.1 Å². The summed E-state index contributed by atoms with van der Waals surface area (Å²) in [5, 5.41) is 4.03. The Morgan fingerprint density at radius 3 is 2.61 bits per heavy atom. The van der Waals surface area contributed by atoms with Gasteiger partial charge in [0, 0.05) is 11.1 Å². The summed E-state index contributed by atoms with van der Waals surface area (Å²) in [6, 6.07) is 3.56. The highest BCUT2D eigenvalue weighted by Crippen LogP contribution is 2.58. The summed E-state index contributed by atoms with van der Waals surface area (Å²) in [4.78, 5) is 0. The third-order valence-electron chi connectivity index (χ3n) is 4.03. The third kappa shape index (κ3) is 2.55. The number of hydrogen-bond donors (Lipinski definition) is 1. The molecule has 1 aromatic rings. The van der Waals surface area contributed by atoms with Gasteiger partial charge in [-0.05, 0) is 48.4 Å². The number of hydrogen-bond acceptors (Lipinski definition) is 1. The quantitative estimate of drug-likeness (QED) is 0.850. The van der Waals surface area contributed by atoms with Crippen molar-refractivity contribution in [2.24, 2.45) is 11.3 Å². The second-order valence-electron chi connectivity index (χ2n) is 5.96. The van der Waals surface area contributed by atoms with E-state index in [0.717, 1.165) is 12.1 Å². The Balaban J connectivity index is 2.34. The third-order valence-corrected chi connectivity index (χ3v) is 4.36. The minimum Gasteiger partial charge on any atom is -0.310 e. The van der Waals surface area contributed by atoms with E-state index < -0.39 is 0 Å². The zero-order valence-electron chi connectivity index (χ0n) is 11.5. The first-order valence-corrected chi connectivity index (χ1v) is 6.93. The van der Waals surface area contributed by atoms with Crippen molar-refractivity contribution in [1.82, 2.24) is 5.32 Å². The van der Waals surface area contributed by atoms with Gasteiger partial charge in [-0.3, -0.25) is 0 Å². The average Bonchev–Trinajstić information content (AvgIpc) is 2.90. The van der Waals surface area contributed by atoms with Gasteiger partial charge in [-0.1, -0.05) is 38.4 Å². The Morgan fingerprint density at radius 1 is 1.50 bits per heavy atom. The van der Waals surface area contributed by atoms with Gasteiger partial charge in [0.15, 0.2) is 0 Å². The van der Waals surface area contributed by atoms with Crippen LogP contribution in [0.3, 0.4) is 0 Å². The van der Waals surface area contributed by atoms with E-state index in [1.807, 2.05) is 6.07 Å². The summed E-state index contributed by atoms with van der Waals surface area (Å²) in [6.07, 6.45) is 1.19. The van der Waals surface area contributed by atoms with E-state index in [2.05, 4.69) is 26.1 Å². The number of benzene rings is 1. The van der Waals surface area contributed by atoms with Gasteiger partial charge in [0.25, 0.3) is 0 Å². The SMILES string of the molecule is CCNC(c1cc(C)c(F)cc1Cl)C1CC1(C)C. The highest BCUT2D eigenvalue weighted by atomic mass is 35.5. The lowest BCUT2D eigenvalue weighted by atomic mass is 9.95. The normalized spacial score (nSPS) is 22.9. The number of nitrogens with one attached hydrogen (secondary N) is 1. The van der Waals surface area contributed by atoms with Gasteiger partial charge in [0.2, 0.25) is 0 Å². The molecule has 0 saturated heterocycles. The van der Waals surface area contributed by atoms with E-state index in [1.54, 1.807) is 6.92 Å². The molecule has 3 heteroatoms. The summed E-state index contributed by atoms with van der Waals surface area (Å²) in [5.41, 5.74) is 2.06. The summed E-state index contributed by atoms with van der Waals surface area (Å²) >= 11 is 6.22. The molecule has 1 saturated carbocycles. The first-order chi connectivity index (χ1) is 8.36. The molecule has 2 rings (SSSR count). The lowest BCUT2D eigenvalue weighted by Crippen LogP contribution is -2.25. The van der Waals surface area contributed by atoms with Crippen molar-refractivity contribution in [3.8, 4) is 0 Å². The molecule has 0 radical (unpaired) electrons. The van der Waals surface area contributed by atoms with Crippen molar-refractivity contribution in [2.45, 2.75) is 40.2 Å². The molecule has 0 aromatic heterocycles. The van der Waals surface area contributed by atoms with Gasteiger partial charge in [-0.15, -0.1) is 0 Å². The van der Waals surface area contributed by atoms with Crippen LogP contribution in [0.5, 0.6) is 0 Å². The zero-order chi connectivity index (χ0) is 13.5. The van der Waals surface area contributed by atoms with Crippen LogP contribution in [0.4, 0.5) is 4.39 Å². The second kappa shape index (κ2) is 4.82. The highest BCUT2D eigenvalue weighted by Gasteiger charge is 2.50. The molecule has 1 N–H and O–H groups in total. The average molecular weight is 270 g/mol. The van der Waals surface area contributed by atoms with Gasteiger partial charge in [-0.2, -0.15) is 0 Å². The molecule has 2 atom stereocenters. The van der Waals surface area contributed by atoms with Gasteiger partial charge in [-0.25, -0.2) is 4.39 Å². The fourth-order valence-electron chi connectivity index (χ4n) is 2.68. The van der Waals surface area contributed by atoms with Crippen LogP contribution in [0, 0.1) is 24.1 Å². The summed E-state index contributed by atoms with van der Waals surface area (Å²) < 4.78 is 13.5. The van der Waals surface area contributed by atoms with E-state index >= 15 is 0 Å². The highest BCUT2D eigenvalue weighted by molar-refractivity contribution is 6.31. The maximum absolute atomic E-state index is 13.5. The fourth-order valence-corrected chi connectivity index (χ4v) is 2.95. The van der Waals surface area contributed by atoms with E-state index in [-0.39, 0.29) is 11.9 Å². The lowest BCUT2D eigenvalue weighted by Gasteiger charge is -2.22. The van der Waals surface area contributed by atoms with Crippen LogP contribution >= 0.6 is 11.6 Å². The van der Waals surface area contributed by atoms with Crippen LogP contribution in [-0.2, 0) is 0 Å². The predicted octanol–water partition coefficient (Wildman–Crippen LogP) is 4.48. The van der Waals surface area contributed by atoms with Gasteiger partial charge >= 0.3 is 0 Å².